The van der Waals surface area contributed by atoms with Crippen molar-refractivity contribution in [3.8, 4) is 0 Å². The molecule has 0 saturated carbocycles. The van der Waals surface area contributed by atoms with Gasteiger partial charge < -0.3 is 10.4 Å². The zero-order chi connectivity index (χ0) is 14.5. The van der Waals surface area contributed by atoms with Crippen LogP contribution in [0.4, 0.5) is 0 Å². The Morgan fingerprint density at radius 3 is 2.63 bits per heavy atom. The second kappa shape index (κ2) is 7.53. The number of aliphatic hydroxyl groups is 1. The Kier molecular flexibility index (Phi) is 6.67. The van der Waals surface area contributed by atoms with Gasteiger partial charge in [-0.3, -0.25) is 0 Å². The summed E-state index contributed by atoms with van der Waals surface area (Å²) in [5.41, 5.74) is 1.21. The molecule has 108 valence electrons. The van der Waals surface area contributed by atoms with E-state index in [9.17, 15) is 0 Å². The summed E-state index contributed by atoms with van der Waals surface area (Å²) in [5.74, 6) is 0. The minimum Gasteiger partial charge on any atom is -0.396 e. The topological polar surface area (TPSA) is 32.3 Å². The van der Waals surface area contributed by atoms with E-state index < -0.39 is 0 Å². The highest BCUT2D eigenvalue weighted by Crippen LogP contribution is 2.32. The second-order valence-electron chi connectivity index (χ2n) is 5.76. The van der Waals surface area contributed by atoms with Crippen LogP contribution in [-0.4, -0.2) is 22.5 Å². The number of halogens is 1. The number of aliphatic hydroxyl groups excluding tert-OH is 1. The van der Waals surface area contributed by atoms with Crippen LogP contribution in [0.1, 0.15) is 39.7 Å². The van der Waals surface area contributed by atoms with Gasteiger partial charge in [0.1, 0.15) is 0 Å². The molecule has 1 rings (SSSR count). The summed E-state index contributed by atoms with van der Waals surface area (Å²) in [6.45, 7) is 9.55. The third-order valence-electron chi connectivity index (χ3n) is 2.74. The molecule has 0 fully saturated rings. The van der Waals surface area contributed by atoms with Gasteiger partial charge in [0.15, 0.2) is 0 Å². The van der Waals surface area contributed by atoms with Gasteiger partial charge in [-0.15, -0.1) is 11.8 Å². The van der Waals surface area contributed by atoms with E-state index in [0.29, 0.717) is 5.25 Å². The first-order valence-corrected chi connectivity index (χ1v) is 7.89. The molecule has 0 aliphatic heterocycles. The average molecular weight is 302 g/mol. The van der Waals surface area contributed by atoms with Gasteiger partial charge >= 0.3 is 0 Å². The number of hydrogen-bond donors (Lipinski definition) is 2. The van der Waals surface area contributed by atoms with Crippen LogP contribution in [0, 0.1) is 0 Å². The van der Waals surface area contributed by atoms with E-state index in [2.05, 4.69) is 39.1 Å². The highest BCUT2D eigenvalue weighted by molar-refractivity contribution is 8.00. The van der Waals surface area contributed by atoms with Gasteiger partial charge in [0.05, 0.1) is 0 Å². The van der Waals surface area contributed by atoms with Crippen LogP contribution in [0.15, 0.2) is 23.1 Å². The number of thioether (sulfide) groups is 1. The molecule has 19 heavy (non-hydrogen) atoms. The maximum atomic E-state index is 9.00. The van der Waals surface area contributed by atoms with Crippen LogP contribution < -0.4 is 5.32 Å². The fourth-order valence-electron chi connectivity index (χ4n) is 1.63. The van der Waals surface area contributed by atoms with Crippen molar-refractivity contribution in [3.05, 3.63) is 28.8 Å². The molecule has 4 heteroatoms. The quantitative estimate of drug-likeness (QED) is 0.776. The average Bonchev–Trinajstić information content (AvgIpc) is 2.27. The normalized spacial score (nSPS) is 13.6. The molecule has 0 aliphatic carbocycles. The zero-order valence-electron chi connectivity index (χ0n) is 12.2. The van der Waals surface area contributed by atoms with Crippen molar-refractivity contribution in [2.24, 2.45) is 0 Å². The maximum absolute atomic E-state index is 9.00. The smallest absolute Gasteiger partial charge is 0.0462 e. The molecule has 2 nitrogen and oxygen atoms in total. The molecular weight excluding hydrogens is 278 g/mol. The highest BCUT2D eigenvalue weighted by atomic mass is 35.5. The minimum absolute atomic E-state index is 0.0673. The lowest BCUT2D eigenvalue weighted by Gasteiger charge is -2.22. The Balaban J connectivity index is 2.83. The summed E-state index contributed by atoms with van der Waals surface area (Å²) in [6, 6.07) is 6.02. The highest BCUT2D eigenvalue weighted by Gasteiger charge is 2.14. The van der Waals surface area contributed by atoms with Crippen LogP contribution in [0.25, 0.3) is 0 Å². The molecule has 0 aliphatic rings. The van der Waals surface area contributed by atoms with Crippen LogP contribution in [-0.2, 0) is 6.54 Å². The van der Waals surface area contributed by atoms with Crippen molar-refractivity contribution in [2.45, 2.75) is 56.3 Å². The molecule has 1 aromatic carbocycles. The Morgan fingerprint density at radius 1 is 1.37 bits per heavy atom. The van der Waals surface area contributed by atoms with Crippen molar-refractivity contribution in [3.63, 3.8) is 0 Å². The predicted octanol–water partition coefficient (Wildman–Crippen LogP) is 4.09. The van der Waals surface area contributed by atoms with Gasteiger partial charge in [-0.2, -0.15) is 0 Å². The lowest BCUT2D eigenvalue weighted by atomic mass is 10.1. The summed E-state index contributed by atoms with van der Waals surface area (Å²) in [4.78, 5) is 1.20. The molecule has 0 saturated heterocycles. The van der Waals surface area contributed by atoms with Crippen molar-refractivity contribution < 1.29 is 5.11 Å². The summed E-state index contributed by atoms with van der Waals surface area (Å²) >= 11 is 8.09. The molecule has 0 spiro atoms. The molecule has 1 aromatic rings. The Hall–Kier alpha value is -0.220. The van der Waals surface area contributed by atoms with Crippen molar-refractivity contribution in [1.29, 1.82) is 0 Å². The van der Waals surface area contributed by atoms with Gasteiger partial charge in [0.25, 0.3) is 0 Å². The SMILES string of the molecule is CC(CCO)Sc1cccc(Cl)c1CNC(C)(C)C. The number of benzene rings is 1. The van der Waals surface area contributed by atoms with Gasteiger partial charge in [-0.1, -0.05) is 24.6 Å². The van der Waals surface area contributed by atoms with Gasteiger partial charge in [0, 0.05) is 33.9 Å². The number of rotatable bonds is 6. The van der Waals surface area contributed by atoms with E-state index in [1.165, 1.54) is 4.90 Å². The molecule has 0 bridgehead atoms. The first-order chi connectivity index (χ1) is 8.83. The third kappa shape index (κ3) is 6.17. The standard InChI is InChI=1S/C15H24ClNOS/c1-11(8-9-18)19-14-7-5-6-13(16)12(14)10-17-15(2,3)4/h5-7,11,17-18H,8-10H2,1-4H3. The van der Waals surface area contributed by atoms with Crippen molar-refractivity contribution >= 4 is 23.4 Å². The number of hydrogen-bond acceptors (Lipinski definition) is 3. The molecule has 2 N–H and O–H groups in total. The van der Waals surface area contributed by atoms with Gasteiger partial charge in [-0.05, 0) is 44.9 Å². The summed E-state index contributed by atoms with van der Waals surface area (Å²) in [6.07, 6.45) is 0.795. The lowest BCUT2D eigenvalue weighted by molar-refractivity contribution is 0.289. The Morgan fingerprint density at radius 2 is 2.05 bits per heavy atom. The van der Waals surface area contributed by atoms with Crippen molar-refractivity contribution in [2.75, 3.05) is 6.61 Å². The predicted molar refractivity (Wildman–Crippen MR) is 85.1 cm³/mol. The summed E-state index contributed by atoms with van der Waals surface area (Å²) < 4.78 is 0. The van der Waals surface area contributed by atoms with E-state index in [1.807, 2.05) is 12.1 Å². The van der Waals surface area contributed by atoms with E-state index in [-0.39, 0.29) is 12.1 Å². The van der Waals surface area contributed by atoms with E-state index >= 15 is 0 Å². The summed E-state index contributed by atoms with van der Waals surface area (Å²) in [5, 5.41) is 13.7. The fraction of sp³-hybridized carbons (Fsp3) is 0.600. The van der Waals surface area contributed by atoms with Crippen LogP contribution in [0.5, 0.6) is 0 Å². The van der Waals surface area contributed by atoms with Crippen LogP contribution >= 0.6 is 23.4 Å². The van der Waals surface area contributed by atoms with E-state index in [1.54, 1.807) is 11.8 Å². The molecule has 0 radical (unpaired) electrons. The number of nitrogens with one attached hydrogen (secondary N) is 1. The van der Waals surface area contributed by atoms with E-state index in [0.717, 1.165) is 23.6 Å². The Bertz CT molecular complexity index is 404. The monoisotopic (exact) mass is 301 g/mol. The zero-order valence-corrected chi connectivity index (χ0v) is 13.7. The third-order valence-corrected chi connectivity index (χ3v) is 4.36. The van der Waals surface area contributed by atoms with Crippen LogP contribution in [0.3, 0.4) is 0 Å². The van der Waals surface area contributed by atoms with E-state index in [4.69, 9.17) is 16.7 Å². The Labute approximate surface area is 125 Å². The molecule has 0 aromatic heterocycles. The minimum atomic E-state index is 0.0673. The molecule has 0 heterocycles. The fourth-order valence-corrected chi connectivity index (χ4v) is 3.07. The largest absolute Gasteiger partial charge is 0.396 e. The maximum Gasteiger partial charge on any atom is 0.0462 e. The van der Waals surface area contributed by atoms with Crippen molar-refractivity contribution in [1.82, 2.24) is 5.32 Å². The molecule has 1 atom stereocenters. The lowest BCUT2D eigenvalue weighted by Crippen LogP contribution is -2.35. The first-order valence-electron chi connectivity index (χ1n) is 6.63. The summed E-state index contributed by atoms with van der Waals surface area (Å²) in [7, 11) is 0. The molecule has 0 amide bonds. The van der Waals surface area contributed by atoms with Gasteiger partial charge in [-0.25, -0.2) is 0 Å². The van der Waals surface area contributed by atoms with Gasteiger partial charge in [0.2, 0.25) is 0 Å². The molecular formula is C15H24ClNOS. The molecule has 1 unspecified atom stereocenters. The van der Waals surface area contributed by atoms with Crippen LogP contribution in [0.2, 0.25) is 5.02 Å². The second-order valence-corrected chi connectivity index (χ2v) is 7.65. The first kappa shape index (κ1) is 16.8.